The second-order valence-corrected chi connectivity index (χ2v) is 7.82. The highest BCUT2D eigenvalue weighted by Gasteiger charge is 2.30. The van der Waals surface area contributed by atoms with Gasteiger partial charge in [0.05, 0.1) is 5.69 Å². The van der Waals surface area contributed by atoms with Crippen LogP contribution in [0.15, 0.2) is 0 Å². The Bertz CT molecular complexity index is 429. The maximum atomic E-state index is 4.97. The molecule has 0 aromatic carbocycles. The molecule has 1 N–H and O–H groups in total. The second kappa shape index (κ2) is 6.44. The monoisotopic (exact) mass is 295 g/mol. The summed E-state index contributed by atoms with van der Waals surface area (Å²) in [6.45, 7) is 14.2. The standard InChI is InChI=1S/C16H29N3S/c1-6-10-19(7-2)15-18-14(12-8-9-12)13(20-15)11-17-16(3,4)5/h12,17H,6-11H2,1-5H3. The summed E-state index contributed by atoms with van der Waals surface area (Å²) in [6, 6.07) is 0. The van der Waals surface area contributed by atoms with Crippen molar-refractivity contribution in [1.82, 2.24) is 10.3 Å². The molecule has 0 aliphatic heterocycles. The summed E-state index contributed by atoms with van der Waals surface area (Å²) in [4.78, 5) is 8.83. The Hall–Kier alpha value is -0.610. The maximum Gasteiger partial charge on any atom is 0.185 e. The Morgan fingerprint density at radius 3 is 2.50 bits per heavy atom. The molecule has 2 rings (SSSR count). The molecule has 0 unspecified atom stereocenters. The number of aromatic nitrogens is 1. The summed E-state index contributed by atoms with van der Waals surface area (Å²) < 4.78 is 0. The van der Waals surface area contributed by atoms with Gasteiger partial charge in [0.1, 0.15) is 0 Å². The van der Waals surface area contributed by atoms with Crippen molar-refractivity contribution < 1.29 is 0 Å². The quantitative estimate of drug-likeness (QED) is 0.819. The molecule has 1 aliphatic carbocycles. The molecular weight excluding hydrogens is 266 g/mol. The summed E-state index contributed by atoms with van der Waals surface area (Å²) in [5.41, 5.74) is 1.54. The summed E-state index contributed by atoms with van der Waals surface area (Å²) in [5, 5.41) is 4.84. The number of rotatable bonds is 7. The molecule has 4 heteroatoms. The highest BCUT2D eigenvalue weighted by molar-refractivity contribution is 7.15. The van der Waals surface area contributed by atoms with Gasteiger partial charge in [-0.1, -0.05) is 6.92 Å². The minimum Gasteiger partial charge on any atom is -0.348 e. The van der Waals surface area contributed by atoms with Crippen LogP contribution in [0.2, 0.25) is 0 Å². The van der Waals surface area contributed by atoms with Crippen LogP contribution >= 0.6 is 11.3 Å². The predicted octanol–water partition coefficient (Wildman–Crippen LogP) is 4.14. The Morgan fingerprint density at radius 2 is 2.00 bits per heavy atom. The van der Waals surface area contributed by atoms with Crippen LogP contribution < -0.4 is 10.2 Å². The lowest BCUT2D eigenvalue weighted by molar-refractivity contribution is 0.425. The third-order valence-corrected chi connectivity index (χ3v) is 4.74. The van der Waals surface area contributed by atoms with E-state index in [1.165, 1.54) is 35.0 Å². The first kappa shape index (κ1) is 15.8. The minimum atomic E-state index is 0.166. The average Bonchev–Trinajstić information content (AvgIpc) is 3.13. The van der Waals surface area contributed by atoms with Crippen molar-refractivity contribution in [2.45, 2.75) is 71.9 Å². The van der Waals surface area contributed by atoms with E-state index < -0.39 is 0 Å². The number of nitrogens with one attached hydrogen (secondary N) is 1. The number of hydrogen-bond donors (Lipinski definition) is 1. The van der Waals surface area contributed by atoms with Crippen molar-refractivity contribution in [3.8, 4) is 0 Å². The molecule has 3 nitrogen and oxygen atoms in total. The van der Waals surface area contributed by atoms with Crippen LogP contribution in [-0.2, 0) is 6.54 Å². The number of anilines is 1. The van der Waals surface area contributed by atoms with Gasteiger partial charge < -0.3 is 10.2 Å². The Labute approximate surface area is 127 Å². The van der Waals surface area contributed by atoms with Crippen LogP contribution in [0.25, 0.3) is 0 Å². The third-order valence-electron chi connectivity index (χ3n) is 3.61. The van der Waals surface area contributed by atoms with Crippen molar-refractivity contribution in [2.24, 2.45) is 0 Å². The fourth-order valence-electron chi connectivity index (χ4n) is 2.29. The van der Waals surface area contributed by atoms with Crippen LogP contribution in [0.4, 0.5) is 5.13 Å². The lowest BCUT2D eigenvalue weighted by Crippen LogP contribution is -2.35. The van der Waals surface area contributed by atoms with Gasteiger partial charge in [-0.25, -0.2) is 4.98 Å². The van der Waals surface area contributed by atoms with Crippen molar-refractivity contribution in [2.75, 3.05) is 18.0 Å². The fourth-order valence-corrected chi connectivity index (χ4v) is 3.47. The largest absolute Gasteiger partial charge is 0.348 e. The average molecular weight is 295 g/mol. The molecule has 114 valence electrons. The number of nitrogens with zero attached hydrogens (tertiary/aromatic N) is 2. The molecule has 1 saturated carbocycles. The summed E-state index contributed by atoms with van der Waals surface area (Å²) in [7, 11) is 0. The molecule has 1 aromatic rings. The SMILES string of the molecule is CCCN(CC)c1nc(C2CC2)c(CNC(C)(C)C)s1. The lowest BCUT2D eigenvalue weighted by Gasteiger charge is -2.20. The second-order valence-electron chi connectivity index (χ2n) is 6.76. The molecule has 0 amide bonds. The van der Waals surface area contributed by atoms with Crippen LogP contribution in [0, 0.1) is 0 Å². The van der Waals surface area contributed by atoms with Crippen LogP contribution in [-0.4, -0.2) is 23.6 Å². The van der Waals surface area contributed by atoms with E-state index in [-0.39, 0.29) is 5.54 Å². The molecular formula is C16H29N3S. The molecule has 1 aliphatic rings. The zero-order valence-electron chi connectivity index (χ0n) is 13.6. The first-order valence-electron chi connectivity index (χ1n) is 7.94. The highest BCUT2D eigenvalue weighted by Crippen LogP contribution is 2.44. The summed E-state index contributed by atoms with van der Waals surface area (Å²) >= 11 is 1.89. The van der Waals surface area contributed by atoms with Gasteiger partial charge in [0.25, 0.3) is 0 Å². The van der Waals surface area contributed by atoms with Crippen molar-refractivity contribution in [3.63, 3.8) is 0 Å². The Kier molecular flexibility index (Phi) is 5.08. The van der Waals surface area contributed by atoms with Gasteiger partial charge in [-0.15, -0.1) is 11.3 Å². The van der Waals surface area contributed by atoms with Gasteiger partial charge >= 0.3 is 0 Å². The number of hydrogen-bond acceptors (Lipinski definition) is 4. The predicted molar refractivity (Wildman–Crippen MR) is 88.9 cm³/mol. The van der Waals surface area contributed by atoms with E-state index in [1.54, 1.807) is 0 Å². The molecule has 1 heterocycles. The van der Waals surface area contributed by atoms with E-state index in [0.717, 1.165) is 25.6 Å². The Morgan fingerprint density at radius 1 is 1.30 bits per heavy atom. The van der Waals surface area contributed by atoms with Gasteiger partial charge in [-0.3, -0.25) is 0 Å². The van der Waals surface area contributed by atoms with Gasteiger partial charge in [-0.05, 0) is 47.0 Å². The zero-order chi connectivity index (χ0) is 14.8. The minimum absolute atomic E-state index is 0.166. The van der Waals surface area contributed by atoms with Crippen molar-refractivity contribution in [3.05, 3.63) is 10.6 Å². The first-order chi connectivity index (χ1) is 9.44. The van der Waals surface area contributed by atoms with Gasteiger partial charge in [0.15, 0.2) is 5.13 Å². The summed E-state index contributed by atoms with van der Waals surface area (Å²) in [5.74, 6) is 0.733. The van der Waals surface area contributed by atoms with Gasteiger partial charge in [-0.2, -0.15) is 0 Å². The molecule has 1 aromatic heterocycles. The molecule has 0 atom stereocenters. The van der Waals surface area contributed by atoms with Gasteiger partial charge in [0, 0.05) is 36.0 Å². The molecule has 1 fully saturated rings. The van der Waals surface area contributed by atoms with Crippen LogP contribution in [0.5, 0.6) is 0 Å². The van der Waals surface area contributed by atoms with Crippen LogP contribution in [0.3, 0.4) is 0 Å². The van der Waals surface area contributed by atoms with E-state index in [0.29, 0.717) is 0 Å². The topological polar surface area (TPSA) is 28.2 Å². The molecule has 0 radical (unpaired) electrons. The number of thiazole rings is 1. The Balaban J connectivity index is 2.15. The van der Waals surface area contributed by atoms with Crippen molar-refractivity contribution in [1.29, 1.82) is 0 Å². The molecule has 0 bridgehead atoms. The molecule has 0 saturated heterocycles. The molecule has 0 spiro atoms. The smallest absolute Gasteiger partial charge is 0.185 e. The normalized spacial score (nSPS) is 15.7. The lowest BCUT2D eigenvalue weighted by atomic mass is 10.1. The van der Waals surface area contributed by atoms with E-state index in [4.69, 9.17) is 4.98 Å². The summed E-state index contributed by atoms with van der Waals surface area (Å²) in [6.07, 6.45) is 3.83. The maximum absolute atomic E-state index is 4.97. The molecule has 20 heavy (non-hydrogen) atoms. The van der Waals surface area contributed by atoms with E-state index in [1.807, 2.05) is 11.3 Å². The van der Waals surface area contributed by atoms with E-state index in [9.17, 15) is 0 Å². The fraction of sp³-hybridized carbons (Fsp3) is 0.812. The van der Waals surface area contributed by atoms with Gasteiger partial charge in [0.2, 0.25) is 0 Å². The van der Waals surface area contributed by atoms with E-state index >= 15 is 0 Å². The van der Waals surface area contributed by atoms with Crippen LogP contribution in [0.1, 0.15) is 70.4 Å². The third kappa shape index (κ3) is 4.19. The zero-order valence-corrected chi connectivity index (χ0v) is 14.4. The van der Waals surface area contributed by atoms with Crippen molar-refractivity contribution >= 4 is 16.5 Å². The van der Waals surface area contributed by atoms with E-state index in [2.05, 4.69) is 44.8 Å². The highest BCUT2D eigenvalue weighted by atomic mass is 32.1. The first-order valence-corrected chi connectivity index (χ1v) is 8.75.